The van der Waals surface area contributed by atoms with Crippen LogP contribution in [0, 0.1) is 13.8 Å². The smallest absolute Gasteiger partial charge is 0.262 e. The van der Waals surface area contributed by atoms with Gasteiger partial charge in [0.1, 0.15) is 4.34 Å². The van der Waals surface area contributed by atoms with Crippen LogP contribution in [0.3, 0.4) is 0 Å². The summed E-state index contributed by atoms with van der Waals surface area (Å²) < 4.78 is 2.03. The van der Waals surface area contributed by atoms with Gasteiger partial charge in [-0.2, -0.15) is 0 Å². The summed E-state index contributed by atoms with van der Waals surface area (Å²) in [5.41, 5.74) is 3.69. The highest BCUT2D eigenvalue weighted by atomic mass is 35.5. The first-order valence-electron chi connectivity index (χ1n) is 8.55. The third-order valence-electron chi connectivity index (χ3n) is 4.16. The first-order chi connectivity index (χ1) is 12.8. The fourth-order valence-electron chi connectivity index (χ4n) is 2.94. The number of hydrogen-bond acceptors (Lipinski definition) is 5. The fourth-order valence-corrected chi connectivity index (χ4v) is 5.43. The van der Waals surface area contributed by atoms with Gasteiger partial charge in [-0.3, -0.25) is 9.69 Å². The van der Waals surface area contributed by atoms with Crippen molar-refractivity contribution < 1.29 is 4.79 Å². The van der Waals surface area contributed by atoms with Crippen molar-refractivity contribution in [3.63, 3.8) is 0 Å². The molecule has 0 fully saturated rings. The molecule has 0 saturated heterocycles. The Labute approximate surface area is 177 Å². The van der Waals surface area contributed by atoms with Crippen molar-refractivity contribution in [3.05, 3.63) is 43.6 Å². The van der Waals surface area contributed by atoms with E-state index in [0.29, 0.717) is 25.9 Å². The number of aromatic nitrogens is 1. The monoisotopic (exact) mass is 441 g/mol. The van der Waals surface area contributed by atoms with Crippen molar-refractivity contribution in [3.8, 4) is 0 Å². The zero-order chi connectivity index (χ0) is 19.7. The Kier molecular flexibility index (Phi) is 6.43. The summed E-state index contributed by atoms with van der Waals surface area (Å²) in [6, 6.07) is 5.83. The van der Waals surface area contributed by atoms with Crippen molar-refractivity contribution in [2.24, 2.45) is 0 Å². The van der Waals surface area contributed by atoms with Crippen LogP contribution in [0.4, 0.5) is 5.13 Å². The first-order valence-corrected chi connectivity index (χ1v) is 10.9. The predicted octanol–water partition coefficient (Wildman–Crippen LogP) is 5.88. The van der Waals surface area contributed by atoms with Gasteiger partial charge in [0.2, 0.25) is 0 Å². The molecule has 1 aromatic carbocycles. The number of benzene rings is 1. The molecular weight excluding hydrogens is 421 g/mol. The lowest BCUT2D eigenvalue weighted by Crippen LogP contribution is -2.33. The van der Waals surface area contributed by atoms with Crippen LogP contribution in [0.25, 0.3) is 10.2 Å². The highest BCUT2D eigenvalue weighted by molar-refractivity contribution is 7.22. The molecule has 0 N–H and O–H groups in total. The average molecular weight is 442 g/mol. The summed E-state index contributed by atoms with van der Waals surface area (Å²) >= 11 is 15.0. The normalized spacial score (nSPS) is 11.5. The lowest BCUT2D eigenvalue weighted by atomic mass is 10.1. The molecule has 0 aliphatic rings. The Balaban J connectivity index is 2.00. The number of carbonyl (C=O) groups excluding carboxylic acids is 1. The fraction of sp³-hybridized carbons (Fsp3) is 0.368. The molecule has 4 nitrogen and oxygen atoms in total. The Morgan fingerprint density at radius 1 is 1.11 bits per heavy atom. The number of rotatable bonds is 6. The molecule has 2 heterocycles. The molecule has 1 amide bonds. The minimum absolute atomic E-state index is 0.157. The molecule has 8 heteroatoms. The van der Waals surface area contributed by atoms with Crippen LogP contribution in [-0.2, 0) is 0 Å². The van der Waals surface area contributed by atoms with Crippen LogP contribution in [0.2, 0.25) is 8.67 Å². The zero-order valence-electron chi connectivity index (χ0n) is 15.7. The molecule has 0 spiro atoms. The Hall–Kier alpha value is -1.18. The minimum atomic E-state index is -0.157. The zero-order valence-corrected chi connectivity index (χ0v) is 18.8. The Bertz CT molecular complexity index is 981. The first kappa shape index (κ1) is 20.6. The van der Waals surface area contributed by atoms with E-state index in [1.165, 1.54) is 16.9 Å². The van der Waals surface area contributed by atoms with Gasteiger partial charge in [-0.15, -0.1) is 11.3 Å². The van der Waals surface area contributed by atoms with Crippen molar-refractivity contribution in [1.29, 1.82) is 0 Å². The molecule has 144 valence electrons. The van der Waals surface area contributed by atoms with E-state index in [4.69, 9.17) is 28.2 Å². The molecule has 0 bridgehead atoms. The van der Waals surface area contributed by atoms with E-state index in [-0.39, 0.29) is 5.91 Å². The number of nitrogens with zero attached hydrogens (tertiary/aromatic N) is 3. The van der Waals surface area contributed by atoms with Gasteiger partial charge < -0.3 is 4.90 Å². The van der Waals surface area contributed by atoms with Gasteiger partial charge in [-0.1, -0.05) is 40.6 Å². The van der Waals surface area contributed by atoms with Gasteiger partial charge in [-0.25, -0.2) is 4.98 Å². The van der Waals surface area contributed by atoms with E-state index >= 15 is 0 Å². The molecular formula is C19H21Cl2N3OS2. The van der Waals surface area contributed by atoms with Crippen molar-refractivity contribution in [2.45, 2.75) is 20.3 Å². The molecule has 2 aromatic heterocycles. The second kappa shape index (κ2) is 8.45. The second-order valence-electron chi connectivity index (χ2n) is 6.78. The SMILES string of the molecule is Cc1cc(C)c2sc(N(CCCN(C)C)C(=O)c3cc(Cl)sc3Cl)nc2c1. The van der Waals surface area contributed by atoms with Gasteiger partial charge in [0.15, 0.2) is 5.13 Å². The Morgan fingerprint density at radius 2 is 1.85 bits per heavy atom. The molecule has 3 aromatic rings. The number of thiazole rings is 1. The standard InChI is InChI=1S/C19H21Cl2N3OS2/c1-11-8-12(2)16-14(9-11)22-19(27-16)24(7-5-6-23(3)4)18(25)13-10-15(20)26-17(13)21/h8-10H,5-7H2,1-4H3. The van der Waals surface area contributed by atoms with Gasteiger partial charge in [0, 0.05) is 6.54 Å². The molecule has 0 saturated carbocycles. The summed E-state index contributed by atoms with van der Waals surface area (Å²) in [5, 5.41) is 0.695. The third-order valence-corrected chi connectivity index (χ3v) is 6.88. The maximum absolute atomic E-state index is 13.2. The largest absolute Gasteiger partial charge is 0.309 e. The number of amides is 1. The lowest BCUT2D eigenvalue weighted by molar-refractivity contribution is 0.0986. The van der Waals surface area contributed by atoms with Crippen LogP contribution in [0.15, 0.2) is 18.2 Å². The second-order valence-corrected chi connectivity index (χ2v) is 10.0. The molecule has 27 heavy (non-hydrogen) atoms. The molecule has 3 rings (SSSR count). The average Bonchev–Trinajstić information content (AvgIpc) is 3.13. The van der Waals surface area contributed by atoms with Crippen molar-refractivity contribution >= 4 is 67.1 Å². The quantitative estimate of drug-likeness (QED) is 0.478. The number of fused-ring (bicyclic) bond motifs is 1. The molecule has 0 radical (unpaired) electrons. The van der Waals surface area contributed by atoms with Crippen LogP contribution in [-0.4, -0.2) is 43.0 Å². The van der Waals surface area contributed by atoms with E-state index in [0.717, 1.165) is 28.7 Å². The molecule has 0 aliphatic carbocycles. The van der Waals surface area contributed by atoms with E-state index < -0.39 is 0 Å². The Morgan fingerprint density at radius 3 is 2.48 bits per heavy atom. The topological polar surface area (TPSA) is 36.4 Å². The molecule has 0 aliphatic heterocycles. The van der Waals surface area contributed by atoms with Crippen LogP contribution < -0.4 is 4.90 Å². The third kappa shape index (κ3) is 4.63. The summed E-state index contributed by atoms with van der Waals surface area (Å²) in [4.78, 5) is 21.8. The van der Waals surface area contributed by atoms with E-state index in [9.17, 15) is 4.79 Å². The van der Waals surface area contributed by atoms with E-state index in [1.807, 2.05) is 14.1 Å². The lowest BCUT2D eigenvalue weighted by Gasteiger charge is -2.20. The summed E-state index contributed by atoms with van der Waals surface area (Å²) in [7, 11) is 4.04. The highest BCUT2D eigenvalue weighted by Gasteiger charge is 2.25. The number of aryl methyl sites for hydroxylation is 2. The highest BCUT2D eigenvalue weighted by Crippen LogP contribution is 2.36. The van der Waals surface area contributed by atoms with Crippen LogP contribution in [0.5, 0.6) is 0 Å². The van der Waals surface area contributed by atoms with Gasteiger partial charge in [0.05, 0.1) is 20.1 Å². The maximum Gasteiger partial charge on any atom is 0.262 e. The van der Waals surface area contributed by atoms with Crippen LogP contribution >= 0.6 is 45.9 Å². The summed E-state index contributed by atoms with van der Waals surface area (Å²) in [6.07, 6.45) is 0.835. The maximum atomic E-state index is 13.2. The number of anilines is 1. The predicted molar refractivity (Wildman–Crippen MR) is 118 cm³/mol. The van der Waals surface area contributed by atoms with Crippen LogP contribution in [0.1, 0.15) is 27.9 Å². The van der Waals surface area contributed by atoms with E-state index in [1.54, 1.807) is 22.3 Å². The number of halogens is 2. The van der Waals surface area contributed by atoms with Crippen molar-refractivity contribution in [2.75, 3.05) is 32.1 Å². The summed E-state index contributed by atoms with van der Waals surface area (Å²) in [6.45, 7) is 5.58. The molecule has 0 atom stereocenters. The van der Waals surface area contributed by atoms with Crippen molar-refractivity contribution in [1.82, 2.24) is 9.88 Å². The number of hydrogen-bond donors (Lipinski definition) is 0. The number of thiophene rings is 1. The number of carbonyl (C=O) groups is 1. The van der Waals surface area contributed by atoms with Gasteiger partial charge in [0.25, 0.3) is 5.91 Å². The molecule has 0 unspecified atom stereocenters. The van der Waals surface area contributed by atoms with E-state index in [2.05, 4.69) is 30.9 Å². The summed E-state index contributed by atoms with van der Waals surface area (Å²) in [5.74, 6) is -0.157. The van der Waals surface area contributed by atoms with Gasteiger partial charge in [-0.05, 0) is 64.2 Å². The van der Waals surface area contributed by atoms with Gasteiger partial charge >= 0.3 is 0 Å². The minimum Gasteiger partial charge on any atom is -0.309 e.